The van der Waals surface area contributed by atoms with Gasteiger partial charge in [0, 0.05) is 18.0 Å². The zero-order valence-corrected chi connectivity index (χ0v) is 16.7. The van der Waals surface area contributed by atoms with E-state index in [1.807, 2.05) is 19.1 Å². The number of halogens is 1. The van der Waals surface area contributed by atoms with Crippen molar-refractivity contribution in [3.63, 3.8) is 0 Å². The number of nitriles is 1. The summed E-state index contributed by atoms with van der Waals surface area (Å²) in [6.45, 7) is 2.04. The Balaban J connectivity index is 1.90. The molecule has 3 rings (SSSR count). The maximum atomic E-state index is 13.1. The van der Waals surface area contributed by atoms with Crippen LogP contribution < -0.4 is 4.90 Å². The van der Waals surface area contributed by atoms with Gasteiger partial charge in [-0.2, -0.15) is 5.26 Å². The van der Waals surface area contributed by atoms with Crippen molar-refractivity contribution in [3.8, 4) is 6.07 Å². The summed E-state index contributed by atoms with van der Waals surface area (Å²) in [5, 5.41) is 9.44. The van der Waals surface area contributed by atoms with Gasteiger partial charge in [-0.15, -0.1) is 0 Å². The summed E-state index contributed by atoms with van der Waals surface area (Å²) in [7, 11) is 0. The Bertz CT molecular complexity index is 982. The fourth-order valence-electron chi connectivity index (χ4n) is 3.36. The Hall–Kier alpha value is -3.17. The molecule has 148 valence electrons. The number of rotatable bonds is 6. The first-order valence-electron chi connectivity index (χ1n) is 9.36. The Kier molecular flexibility index (Phi) is 6.30. The number of nitrogens with zero attached hydrogens (tertiary/aromatic N) is 3. The molecule has 7 heteroatoms. The summed E-state index contributed by atoms with van der Waals surface area (Å²) in [5.74, 6) is -1.02. The van der Waals surface area contributed by atoms with Crippen LogP contribution in [0.4, 0.5) is 5.69 Å². The minimum absolute atomic E-state index is 0.0846. The maximum Gasteiger partial charge on any atom is 0.257 e. The van der Waals surface area contributed by atoms with Gasteiger partial charge in [0.25, 0.3) is 5.91 Å². The lowest BCUT2D eigenvalue weighted by molar-refractivity contribution is -0.139. The molecule has 2 aromatic carbocycles. The van der Waals surface area contributed by atoms with Gasteiger partial charge in [0.05, 0.1) is 23.7 Å². The number of amides is 3. The summed E-state index contributed by atoms with van der Waals surface area (Å²) in [6, 6.07) is 14.5. The highest BCUT2D eigenvalue weighted by molar-refractivity contribution is 6.31. The van der Waals surface area contributed by atoms with E-state index in [4.69, 9.17) is 16.9 Å². The summed E-state index contributed by atoms with van der Waals surface area (Å²) in [5.41, 5.74) is 1.54. The van der Waals surface area contributed by atoms with Crippen LogP contribution in [0.5, 0.6) is 0 Å². The van der Waals surface area contributed by atoms with Crippen molar-refractivity contribution < 1.29 is 14.4 Å². The molecular weight excluding hydrogens is 390 g/mol. The molecule has 0 saturated carbocycles. The summed E-state index contributed by atoms with van der Waals surface area (Å²) in [4.78, 5) is 41.1. The third-order valence-corrected chi connectivity index (χ3v) is 5.21. The minimum atomic E-state index is -0.881. The lowest BCUT2D eigenvalue weighted by Crippen LogP contribution is -2.45. The first kappa shape index (κ1) is 20.6. The first-order valence-corrected chi connectivity index (χ1v) is 9.74. The van der Waals surface area contributed by atoms with Gasteiger partial charge in [-0.3, -0.25) is 14.4 Å². The van der Waals surface area contributed by atoms with E-state index in [0.29, 0.717) is 22.7 Å². The summed E-state index contributed by atoms with van der Waals surface area (Å²) >= 11 is 6.25. The van der Waals surface area contributed by atoms with Crippen LogP contribution in [0.2, 0.25) is 5.02 Å². The summed E-state index contributed by atoms with van der Waals surface area (Å²) < 4.78 is 0. The maximum absolute atomic E-state index is 13.1. The fourth-order valence-corrected chi connectivity index (χ4v) is 3.55. The normalized spacial score (nSPS) is 16.0. The van der Waals surface area contributed by atoms with E-state index >= 15 is 0 Å². The highest BCUT2D eigenvalue weighted by Gasteiger charge is 2.44. The van der Waals surface area contributed by atoms with Crippen LogP contribution in [0.1, 0.15) is 37.3 Å². The van der Waals surface area contributed by atoms with Crippen LogP contribution in [0.15, 0.2) is 48.5 Å². The lowest BCUT2D eigenvalue weighted by Gasteiger charge is -2.28. The van der Waals surface area contributed by atoms with Gasteiger partial charge < -0.3 is 4.90 Å². The zero-order chi connectivity index (χ0) is 21.0. The lowest BCUT2D eigenvalue weighted by atomic mass is 10.1. The quantitative estimate of drug-likeness (QED) is 0.681. The van der Waals surface area contributed by atoms with Gasteiger partial charge in [-0.05, 0) is 42.3 Å². The van der Waals surface area contributed by atoms with E-state index in [1.165, 1.54) is 4.90 Å². The number of imide groups is 1. The van der Waals surface area contributed by atoms with Crippen LogP contribution in [0.3, 0.4) is 0 Å². The van der Waals surface area contributed by atoms with E-state index in [0.717, 1.165) is 10.5 Å². The molecule has 1 atom stereocenters. The number of benzene rings is 2. The minimum Gasteiger partial charge on any atom is -0.326 e. The van der Waals surface area contributed by atoms with Crippen LogP contribution in [0, 0.1) is 11.3 Å². The van der Waals surface area contributed by atoms with Gasteiger partial charge in [0.2, 0.25) is 11.8 Å². The molecule has 0 N–H and O–H groups in total. The van der Waals surface area contributed by atoms with Gasteiger partial charge in [-0.1, -0.05) is 36.7 Å². The second-order valence-corrected chi connectivity index (χ2v) is 7.22. The number of carbonyl (C=O) groups excluding carboxylic acids is 3. The highest BCUT2D eigenvalue weighted by atomic mass is 35.5. The number of anilines is 1. The number of hydrogen-bond acceptors (Lipinski definition) is 4. The van der Waals surface area contributed by atoms with Crippen molar-refractivity contribution in [2.24, 2.45) is 0 Å². The summed E-state index contributed by atoms with van der Waals surface area (Å²) in [6.07, 6.45) is 0.823. The molecule has 2 aromatic rings. The first-order chi connectivity index (χ1) is 14.0. The largest absolute Gasteiger partial charge is 0.326 e. The Morgan fingerprint density at radius 2 is 1.90 bits per heavy atom. The molecule has 1 saturated heterocycles. The van der Waals surface area contributed by atoms with Crippen LogP contribution in [0.25, 0.3) is 0 Å². The number of hydrogen-bond donors (Lipinski definition) is 0. The molecule has 6 nitrogen and oxygen atoms in total. The molecule has 0 aromatic heterocycles. The van der Waals surface area contributed by atoms with Gasteiger partial charge in [-0.25, -0.2) is 4.90 Å². The molecule has 29 heavy (non-hydrogen) atoms. The monoisotopic (exact) mass is 409 g/mol. The zero-order valence-electron chi connectivity index (χ0n) is 16.0. The van der Waals surface area contributed by atoms with Crippen LogP contribution in [-0.2, 0) is 20.9 Å². The van der Waals surface area contributed by atoms with E-state index in [2.05, 4.69) is 0 Å². The molecule has 0 bridgehead atoms. The van der Waals surface area contributed by atoms with Gasteiger partial charge >= 0.3 is 0 Å². The van der Waals surface area contributed by atoms with Gasteiger partial charge in [0.1, 0.15) is 6.04 Å². The fraction of sp³-hybridized carbons (Fsp3) is 0.273. The molecule has 0 radical (unpaired) electrons. The number of carbonyl (C=O) groups is 3. The predicted molar refractivity (Wildman–Crippen MR) is 109 cm³/mol. The molecule has 1 unspecified atom stereocenters. The molecule has 1 aliphatic heterocycles. The second-order valence-electron chi connectivity index (χ2n) is 6.81. The molecule has 3 amide bonds. The molecule has 0 aliphatic carbocycles. The topological polar surface area (TPSA) is 81.5 Å². The van der Waals surface area contributed by atoms with Crippen molar-refractivity contribution in [2.45, 2.75) is 38.8 Å². The Morgan fingerprint density at radius 1 is 1.21 bits per heavy atom. The van der Waals surface area contributed by atoms with Crippen molar-refractivity contribution in [3.05, 3.63) is 64.7 Å². The van der Waals surface area contributed by atoms with Crippen molar-refractivity contribution in [1.82, 2.24) is 4.90 Å². The van der Waals surface area contributed by atoms with Crippen LogP contribution in [-0.4, -0.2) is 28.7 Å². The predicted octanol–water partition coefficient (Wildman–Crippen LogP) is 3.67. The molecule has 1 heterocycles. The second kappa shape index (κ2) is 8.89. The van der Waals surface area contributed by atoms with Crippen molar-refractivity contribution in [1.29, 1.82) is 5.26 Å². The third-order valence-electron chi connectivity index (χ3n) is 4.84. The van der Waals surface area contributed by atoms with Crippen LogP contribution >= 0.6 is 11.6 Å². The molecule has 1 fully saturated rings. The average Bonchev–Trinajstić information content (AvgIpc) is 3.01. The third kappa shape index (κ3) is 4.30. The molecule has 1 aliphatic rings. The van der Waals surface area contributed by atoms with E-state index in [-0.39, 0.29) is 31.2 Å². The van der Waals surface area contributed by atoms with E-state index in [9.17, 15) is 14.4 Å². The standard InChI is InChI=1S/C22H20ClN3O3/c1-2-5-20(27)25(14-16-6-3-4-7-18(16)23)19-12-21(28)26(22(19)29)17-10-8-15(13-24)9-11-17/h3-4,6-11,19H,2,5,12,14H2,1H3. The molecular formula is C22H20ClN3O3. The van der Waals surface area contributed by atoms with Crippen molar-refractivity contribution in [2.75, 3.05) is 4.90 Å². The van der Waals surface area contributed by atoms with Crippen molar-refractivity contribution >= 4 is 35.0 Å². The van der Waals surface area contributed by atoms with Gasteiger partial charge in [0.15, 0.2) is 0 Å². The van der Waals surface area contributed by atoms with E-state index < -0.39 is 11.9 Å². The smallest absolute Gasteiger partial charge is 0.257 e. The Labute approximate surface area is 174 Å². The van der Waals surface area contributed by atoms with E-state index in [1.54, 1.807) is 42.5 Å². The Morgan fingerprint density at radius 3 is 2.52 bits per heavy atom. The SMILES string of the molecule is CCCC(=O)N(Cc1ccccc1Cl)C1CC(=O)N(c2ccc(C#N)cc2)C1=O. The average molecular weight is 410 g/mol. The highest BCUT2D eigenvalue weighted by Crippen LogP contribution is 2.28. The molecule has 0 spiro atoms.